The SMILES string of the molecule is O=CCCCC(COC(=O)c1ccccc1)OS(=O)(=O)c1cc(Cl)c(Cl)cc1Cl. The minimum atomic E-state index is -4.33. The number of esters is 1. The Balaban J connectivity index is 2.15. The number of aldehydes is 1. The largest absolute Gasteiger partial charge is 0.459 e. The van der Waals surface area contributed by atoms with Gasteiger partial charge in [-0.2, -0.15) is 8.42 Å². The van der Waals surface area contributed by atoms with Gasteiger partial charge in [0.1, 0.15) is 23.9 Å². The molecule has 0 aromatic heterocycles. The molecule has 0 bridgehead atoms. The Labute approximate surface area is 183 Å². The van der Waals surface area contributed by atoms with Crippen molar-refractivity contribution in [2.75, 3.05) is 6.61 Å². The number of hydrogen-bond acceptors (Lipinski definition) is 6. The van der Waals surface area contributed by atoms with Gasteiger partial charge in [0.05, 0.1) is 20.6 Å². The number of ether oxygens (including phenoxy) is 1. The van der Waals surface area contributed by atoms with Gasteiger partial charge in [-0.15, -0.1) is 0 Å². The van der Waals surface area contributed by atoms with Gasteiger partial charge >= 0.3 is 5.97 Å². The van der Waals surface area contributed by atoms with Gasteiger partial charge in [0, 0.05) is 6.42 Å². The molecule has 0 aliphatic carbocycles. The molecule has 0 spiro atoms. The van der Waals surface area contributed by atoms with Gasteiger partial charge in [0.15, 0.2) is 0 Å². The Hall–Kier alpha value is -1.64. The summed E-state index contributed by atoms with van der Waals surface area (Å²) in [7, 11) is -4.33. The lowest BCUT2D eigenvalue weighted by Crippen LogP contribution is -2.26. The number of unbranched alkanes of at least 4 members (excludes halogenated alkanes) is 1. The van der Waals surface area contributed by atoms with Crippen molar-refractivity contribution in [3.05, 3.63) is 63.1 Å². The van der Waals surface area contributed by atoms with Crippen LogP contribution in [0.3, 0.4) is 0 Å². The third-order valence-electron chi connectivity index (χ3n) is 3.76. The summed E-state index contributed by atoms with van der Waals surface area (Å²) in [6.07, 6.45) is 0.413. The van der Waals surface area contributed by atoms with Crippen LogP contribution in [0.25, 0.3) is 0 Å². The monoisotopic (exact) mass is 478 g/mol. The summed E-state index contributed by atoms with van der Waals surface area (Å²) in [4.78, 5) is 22.3. The first-order valence-corrected chi connectivity index (χ1v) is 11.0. The van der Waals surface area contributed by atoms with E-state index in [0.29, 0.717) is 18.3 Å². The zero-order valence-corrected chi connectivity index (χ0v) is 18.1. The van der Waals surface area contributed by atoms with Crippen molar-refractivity contribution in [1.82, 2.24) is 0 Å². The van der Waals surface area contributed by atoms with Gasteiger partial charge in [0.25, 0.3) is 10.1 Å². The van der Waals surface area contributed by atoms with Crippen molar-refractivity contribution in [3.8, 4) is 0 Å². The van der Waals surface area contributed by atoms with Crippen molar-refractivity contribution in [1.29, 1.82) is 0 Å². The molecule has 6 nitrogen and oxygen atoms in total. The highest BCUT2D eigenvalue weighted by Crippen LogP contribution is 2.33. The van der Waals surface area contributed by atoms with Crippen LogP contribution in [0.4, 0.5) is 0 Å². The summed E-state index contributed by atoms with van der Waals surface area (Å²) in [5.41, 5.74) is 0.314. The molecule has 1 atom stereocenters. The lowest BCUT2D eigenvalue weighted by atomic mass is 10.2. The minimum absolute atomic E-state index is 0.00810. The van der Waals surface area contributed by atoms with E-state index in [-0.39, 0.29) is 39.4 Å². The first kappa shape index (κ1) is 23.6. The second kappa shape index (κ2) is 10.9. The van der Waals surface area contributed by atoms with Gasteiger partial charge in [0.2, 0.25) is 0 Å². The molecule has 0 saturated heterocycles. The molecule has 10 heteroatoms. The predicted octanol–water partition coefficient (Wildman–Crippen LogP) is 4.95. The van der Waals surface area contributed by atoms with Crippen LogP contribution in [-0.2, 0) is 23.8 Å². The molecular weight excluding hydrogens is 463 g/mol. The lowest BCUT2D eigenvalue weighted by Gasteiger charge is -2.18. The number of rotatable bonds is 10. The Bertz CT molecular complexity index is 963. The first-order valence-electron chi connectivity index (χ1n) is 8.48. The number of carbonyl (C=O) groups is 2. The number of hydrogen-bond donors (Lipinski definition) is 0. The number of carbonyl (C=O) groups excluding carboxylic acids is 2. The van der Waals surface area contributed by atoms with Crippen LogP contribution in [0.2, 0.25) is 15.1 Å². The predicted molar refractivity (Wildman–Crippen MR) is 110 cm³/mol. The van der Waals surface area contributed by atoms with E-state index in [1.807, 2.05) is 0 Å². The van der Waals surface area contributed by atoms with Crippen LogP contribution in [0.1, 0.15) is 29.6 Å². The highest BCUT2D eigenvalue weighted by atomic mass is 35.5. The van der Waals surface area contributed by atoms with Crippen LogP contribution in [0.15, 0.2) is 47.4 Å². The molecule has 2 aromatic rings. The normalized spacial score (nSPS) is 12.4. The second-order valence-electron chi connectivity index (χ2n) is 5.93. The summed E-state index contributed by atoms with van der Waals surface area (Å²) in [5, 5.41) is -0.0754. The highest BCUT2D eigenvalue weighted by Gasteiger charge is 2.26. The van der Waals surface area contributed by atoms with E-state index in [1.165, 1.54) is 6.07 Å². The third kappa shape index (κ3) is 6.97. The summed E-state index contributed by atoms with van der Waals surface area (Å²) >= 11 is 17.7. The molecule has 0 aliphatic rings. The van der Waals surface area contributed by atoms with E-state index < -0.39 is 22.2 Å². The van der Waals surface area contributed by atoms with Crippen LogP contribution in [0, 0.1) is 0 Å². The lowest BCUT2D eigenvalue weighted by molar-refractivity contribution is -0.108. The zero-order chi connectivity index (χ0) is 21.4. The number of benzene rings is 2. The fraction of sp³-hybridized carbons (Fsp3) is 0.263. The van der Waals surface area contributed by atoms with E-state index in [1.54, 1.807) is 30.3 Å². The summed E-state index contributed by atoms with van der Waals surface area (Å²) in [6, 6.07) is 10.5. The summed E-state index contributed by atoms with van der Waals surface area (Å²) < 4.78 is 35.7. The molecule has 0 saturated carbocycles. The van der Waals surface area contributed by atoms with Gasteiger partial charge in [-0.05, 0) is 37.1 Å². The summed E-state index contributed by atoms with van der Waals surface area (Å²) in [6.45, 7) is -0.329. The molecule has 1 unspecified atom stereocenters. The van der Waals surface area contributed by atoms with E-state index in [0.717, 1.165) is 6.07 Å². The average molecular weight is 480 g/mol. The quantitative estimate of drug-likeness (QED) is 0.158. The standard InChI is InChI=1S/C19H17Cl3O6S/c20-15-10-17(22)18(11-16(15)21)29(25,26)28-14(8-4-5-9-23)12-27-19(24)13-6-2-1-3-7-13/h1-3,6-7,9-11,14H,4-5,8,12H2. The van der Waals surface area contributed by atoms with Crippen molar-refractivity contribution >= 4 is 57.2 Å². The van der Waals surface area contributed by atoms with Crippen molar-refractivity contribution in [2.45, 2.75) is 30.3 Å². The molecule has 156 valence electrons. The maximum Gasteiger partial charge on any atom is 0.338 e. The van der Waals surface area contributed by atoms with E-state index in [9.17, 15) is 18.0 Å². The smallest absolute Gasteiger partial charge is 0.338 e. The van der Waals surface area contributed by atoms with Crippen LogP contribution >= 0.6 is 34.8 Å². The maximum absolute atomic E-state index is 12.7. The van der Waals surface area contributed by atoms with Crippen molar-refractivity contribution in [2.24, 2.45) is 0 Å². The molecule has 2 aromatic carbocycles. The van der Waals surface area contributed by atoms with Gasteiger partial charge in [-0.1, -0.05) is 53.0 Å². The van der Waals surface area contributed by atoms with Crippen molar-refractivity contribution < 1.29 is 26.9 Å². The Kier molecular flexibility index (Phi) is 8.92. The van der Waals surface area contributed by atoms with Gasteiger partial charge in [-0.3, -0.25) is 4.18 Å². The Morgan fingerprint density at radius 3 is 2.34 bits per heavy atom. The third-order valence-corrected chi connectivity index (χ3v) is 6.31. The molecule has 29 heavy (non-hydrogen) atoms. The first-order chi connectivity index (χ1) is 13.7. The topological polar surface area (TPSA) is 86.7 Å². The van der Waals surface area contributed by atoms with Crippen LogP contribution < -0.4 is 0 Å². The van der Waals surface area contributed by atoms with Gasteiger partial charge < -0.3 is 9.53 Å². The molecule has 0 aliphatic heterocycles. The van der Waals surface area contributed by atoms with Gasteiger partial charge in [-0.25, -0.2) is 4.79 Å². The maximum atomic E-state index is 12.7. The van der Waals surface area contributed by atoms with Crippen LogP contribution in [0.5, 0.6) is 0 Å². The molecule has 2 rings (SSSR count). The fourth-order valence-electron chi connectivity index (χ4n) is 2.34. The molecule has 0 radical (unpaired) electrons. The Morgan fingerprint density at radius 2 is 1.69 bits per heavy atom. The highest BCUT2D eigenvalue weighted by molar-refractivity contribution is 7.87. The van der Waals surface area contributed by atoms with E-state index in [4.69, 9.17) is 43.7 Å². The molecule has 0 heterocycles. The molecule has 0 N–H and O–H groups in total. The molecule has 0 fully saturated rings. The average Bonchev–Trinajstić information content (AvgIpc) is 2.69. The zero-order valence-electron chi connectivity index (χ0n) is 15.0. The molecular formula is C19H17Cl3O6S. The fourth-order valence-corrected chi connectivity index (χ4v) is 4.41. The number of halogens is 3. The Morgan fingerprint density at radius 1 is 1.03 bits per heavy atom. The van der Waals surface area contributed by atoms with Crippen molar-refractivity contribution in [3.63, 3.8) is 0 Å². The minimum Gasteiger partial charge on any atom is -0.459 e. The second-order valence-corrected chi connectivity index (χ2v) is 8.69. The molecule has 0 amide bonds. The van der Waals surface area contributed by atoms with E-state index >= 15 is 0 Å². The van der Waals surface area contributed by atoms with E-state index in [2.05, 4.69) is 0 Å². The van der Waals surface area contributed by atoms with Crippen LogP contribution in [-0.4, -0.2) is 33.4 Å². The summed E-state index contributed by atoms with van der Waals surface area (Å²) in [5.74, 6) is -0.625.